The van der Waals surface area contributed by atoms with Gasteiger partial charge in [0, 0.05) is 18.6 Å². The monoisotopic (exact) mass is 391 g/mol. The molecule has 0 amide bonds. The summed E-state index contributed by atoms with van der Waals surface area (Å²) in [6.45, 7) is -0.118. The Morgan fingerprint density at radius 2 is 2.08 bits per heavy atom. The molecule has 0 spiro atoms. The maximum Gasteiger partial charge on any atom is 0.339 e. The second-order valence-electron chi connectivity index (χ2n) is 6.51. The van der Waals surface area contributed by atoms with Crippen molar-refractivity contribution in [3.63, 3.8) is 0 Å². The number of sulfonamides is 1. The van der Waals surface area contributed by atoms with Crippen LogP contribution in [0.2, 0.25) is 5.02 Å². The van der Waals surface area contributed by atoms with Crippen LogP contribution in [0.3, 0.4) is 0 Å². The van der Waals surface area contributed by atoms with Crippen LogP contribution in [0.15, 0.2) is 17.0 Å². The van der Waals surface area contributed by atoms with Gasteiger partial charge in [0.15, 0.2) is 0 Å². The second kappa shape index (κ2) is 6.83. The first-order chi connectivity index (χ1) is 11.8. The Balaban J connectivity index is 1.95. The Hall–Kier alpha value is -1.22. The number of halogens is 2. The minimum absolute atomic E-state index is 0.118. The number of nitrogens with one attached hydrogen (secondary N) is 1. The fourth-order valence-electron chi connectivity index (χ4n) is 4.12. The molecule has 0 saturated heterocycles. The van der Waals surface area contributed by atoms with Crippen LogP contribution >= 0.6 is 11.6 Å². The highest BCUT2D eigenvalue weighted by atomic mass is 35.5. The Kier molecular flexibility index (Phi) is 5.07. The van der Waals surface area contributed by atoms with Gasteiger partial charge in [0.05, 0.1) is 22.6 Å². The number of benzene rings is 1. The first-order valence-electron chi connectivity index (χ1n) is 8.00. The van der Waals surface area contributed by atoms with Gasteiger partial charge in [-0.15, -0.1) is 0 Å². The average Bonchev–Trinajstić information content (AvgIpc) is 2.99. The molecule has 25 heavy (non-hydrogen) atoms. The summed E-state index contributed by atoms with van der Waals surface area (Å²) in [5.41, 5.74) is -0.329. The largest absolute Gasteiger partial charge is 0.465 e. The van der Waals surface area contributed by atoms with E-state index in [2.05, 4.69) is 9.46 Å². The van der Waals surface area contributed by atoms with Crippen molar-refractivity contribution >= 4 is 27.6 Å². The maximum atomic E-state index is 13.8. The predicted molar refractivity (Wildman–Crippen MR) is 88.3 cm³/mol. The Morgan fingerprint density at radius 3 is 2.72 bits per heavy atom. The van der Waals surface area contributed by atoms with Crippen LogP contribution in [0.5, 0.6) is 0 Å². The number of esters is 1. The van der Waals surface area contributed by atoms with Crippen molar-refractivity contribution in [3.05, 3.63) is 28.5 Å². The van der Waals surface area contributed by atoms with E-state index in [1.807, 2.05) is 0 Å². The fraction of sp³-hybridized carbons (Fsp3) is 0.562. The number of hydrogen-bond acceptors (Lipinski definition) is 5. The van der Waals surface area contributed by atoms with Crippen molar-refractivity contribution in [1.29, 1.82) is 0 Å². The van der Waals surface area contributed by atoms with Crippen LogP contribution in [0.1, 0.15) is 29.6 Å². The Labute approximate surface area is 150 Å². The van der Waals surface area contributed by atoms with Gasteiger partial charge in [-0.25, -0.2) is 22.3 Å². The highest BCUT2D eigenvalue weighted by Crippen LogP contribution is 2.51. The molecule has 3 rings (SSSR count). The number of aliphatic hydroxyl groups excluding tert-OH is 1. The summed E-state index contributed by atoms with van der Waals surface area (Å²) in [5, 5.41) is 9.18. The lowest BCUT2D eigenvalue weighted by Crippen LogP contribution is -2.59. The van der Waals surface area contributed by atoms with E-state index >= 15 is 0 Å². The summed E-state index contributed by atoms with van der Waals surface area (Å²) in [5.74, 6) is -1.57. The smallest absolute Gasteiger partial charge is 0.339 e. The van der Waals surface area contributed by atoms with E-state index in [-0.39, 0.29) is 29.0 Å². The van der Waals surface area contributed by atoms with Gasteiger partial charge in [-0.1, -0.05) is 18.0 Å². The standard InChI is InChI=1S/C16H19ClFNO5S/c1-24-16(21)10-5-12(17)13(18)6-14(10)25(22,23)19-15-9-4-2-3-8(9)11(15)7-20/h5-6,8-9,11,15,19-20H,2-4,7H2,1H3/t8-,9+,11-,15-/m0/s1. The number of carbonyl (C=O) groups excluding carboxylic acids is 1. The molecule has 0 bridgehead atoms. The maximum absolute atomic E-state index is 13.8. The van der Waals surface area contributed by atoms with Crippen LogP contribution < -0.4 is 4.72 Å². The number of aliphatic hydroxyl groups is 1. The number of methoxy groups -OCH3 is 1. The SMILES string of the molecule is COC(=O)c1cc(Cl)c(F)cc1S(=O)(=O)N[C@H]1[C@@H]2CCC[C@@H]2[C@@H]1CO. The molecule has 0 radical (unpaired) electrons. The molecule has 6 nitrogen and oxygen atoms in total. The highest BCUT2D eigenvalue weighted by Gasteiger charge is 2.53. The number of hydrogen-bond donors (Lipinski definition) is 2. The van der Waals surface area contributed by atoms with Crippen molar-refractivity contribution < 1.29 is 27.4 Å². The zero-order valence-corrected chi connectivity index (χ0v) is 15.1. The van der Waals surface area contributed by atoms with Gasteiger partial charge in [0.25, 0.3) is 0 Å². The van der Waals surface area contributed by atoms with E-state index < -0.39 is 32.7 Å². The molecule has 2 aliphatic carbocycles. The molecule has 138 valence electrons. The molecule has 2 saturated carbocycles. The fourth-order valence-corrected chi connectivity index (χ4v) is 5.81. The van der Waals surface area contributed by atoms with Crippen LogP contribution in [0.25, 0.3) is 0 Å². The summed E-state index contributed by atoms with van der Waals surface area (Å²) >= 11 is 5.67. The molecular weight excluding hydrogens is 373 g/mol. The predicted octanol–water partition coefficient (Wildman–Crippen LogP) is 1.95. The lowest BCUT2D eigenvalue weighted by molar-refractivity contribution is 0.00848. The van der Waals surface area contributed by atoms with E-state index in [9.17, 15) is 22.7 Å². The van der Waals surface area contributed by atoms with Crippen molar-refractivity contribution in [2.24, 2.45) is 17.8 Å². The first-order valence-corrected chi connectivity index (χ1v) is 9.86. The molecule has 0 heterocycles. The molecule has 0 unspecified atom stereocenters. The topological polar surface area (TPSA) is 92.7 Å². The zero-order valence-electron chi connectivity index (χ0n) is 13.5. The van der Waals surface area contributed by atoms with E-state index in [1.54, 1.807) is 0 Å². The molecule has 2 N–H and O–H groups in total. The Bertz CT molecular complexity index is 800. The lowest BCUT2D eigenvalue weighted by Gasteiger charge is -2.48. The first kappa shape index (κ1) is 18.6. The molecule has 2 aliphatic rings. The third kappa shape index (κ3) is 3.16. The number of ether oxygens (including phenoxy) is 1. The van der Waals surface area contributed by atoms with Gasteiger partial charge in [-0.3, -0.25) is 0 Å². The van der Waals surface area contributed by atoms with Gasteiger partial charge >= 0.3 is 5.97 Å². The van der Waals surface area contributed by atoms with Crippen molar-refractivity contribution in [2.75, 3.05) is 13.7 Å². The summed E-state index contributed by atoms with van der Waals surface area (Å²) in [4.78, 5) is 11.4. The molecule has 0 aromatic heterocycles. The molecular formula is C16H19ClFNO5S. The van der Waals surface area contributed by atoms with Gasteiger partial charge in [-0.05, 0) is 36.8 Å². The molecule has 4 atom stereocenters. The normalized spacial score (nSPS) is 28.3. The second-order valence-corrected chi connectivity index (χ2v) is 8.60. The quantitative estimate of drug-likeness (QED) is 0.748. The van der Waals surface area contributed by atoms with Gasteiger partial charge in [0.2, 0.25) is 10.0 Å². The Morgan fingerprint density at radius 1 is 1.40 bits per heavy atom. The molecule has 2 fully saturated rings. The van der Waals surface area contributed by atoms with Gasteiger partial charge in [0.1, 0.15) is 5.82 Å². The van der Waals surface area contributed by atoms with E-state index in [4.69, 9.17) is 11.6 Å². The number of carbonyl (C=O) groups is 1. The summed E-state index contributed by atoms with van der Waals surface area (Å²) in [6, 6.07) is 1.24. The summed E-state index contributed by atoms with van der Waals surface area (Å²) in [6.07, 6.45) is 2.84. The number of rotatable bonds is 5. The molecule has 0 aliphatic heterocycles. The minimum Gasteiger partial charge on any atom is -0.465 e. The number of fused-ring (bicyclic) bond motifs is 1. The summed E-state index contributed by atoms with van der Waals surface area (Å²) < 4.78 is 46.5. The van der Waals surface area contributed by atoms with Crippen molar-refractivity contribution in [1.82, 2.24) is 4.72 Å². The lowest BCUT2D eigenvalue weighted by atomic mass is 9.63. The highest BCUT2D eigenvalue weighted by molar-refractivity contribution is 7.89. The van der Waals surface area contributed by atoms with Gasteiger partial charge < -0.3 is 9.84 Å². The van der Waals surface area contributed by atoms with Crippen molar-refractivity contribution in [3.8, 4) is 0 Å². The molecule has 9 heteroatoms. The summed E-state index contributed by atoms with van der Waals surface area (Å²) in [7, 11) is -3.09. The van der Waals surface area contributed by atoms with Crippen LogP contribution in [0, 0.1) is 23.6 Å². The minimum atomic E-state index is -4.19. The third-order valence-corrected chi connectivity index (χ3v) is 7.11. The van der Waals surface area contributed by atoms with E-state index in [0.29, 0.717) is 5.92 Å². The van der Waals surface area contributed by atoms with Crippen LogP contribution in [-0.2, 0) is 14.8 Å². The van der Waals surface area contributed by atoms with Crippen LogP contribution in [0.4, 0.5) is 4.39 Å². The van der Waals surface area contributed by atoms with E-state index in [1.165, 1.54) is 0 Å². The van der Waals surface area contributed by atoms with Crippen molar-refractivity contribution in [2.45, 2.75) is 30.2 Å². The zero-order chi connectivity index (χ0) is 18.4. The van der Waals surface area contributed by atoms with E-state index in [0.717, 1.165) is 38.5 Å². The average molecular weight is 392 g/mol. The molecule has 1 aromatic rings. The van der Waals surface area contributed by atoms with Crippen LogP contribution in [-0.4, -0.2) is 39.3 Å². The third-order valence-electron chi connectivity index (χ3n) is 5.32. The van der Waals surface area contributed by atoms with Gasteiger partial charge in [-0.2, -0.15) is 0 Å². The molecule has 1 aromatic carbocycles.